The van der Waals surface area contributed by atoms with E-state index in [1.165, 1.54) is 24.0 Å². The second-order valence-corrected chi connectivity index (χ2v) is 5.54. The van der Waals surface area contributed by atoms with Crippen LogP contribution in [0.5, 0.6) is 0 Å². The summed E-state index contributed by atoms with van der Waals surface area (Å²) in [7, 11) is 0. The molecule has 3 rings (SSSR count). The molecule has 0 bridgehead atoms. The maximum absolute atomic E-state index is 5.90. The molecule has 1 heterocycles. The molecule has 1 aliphatic rings. The second-order valence-electron chi connectivity index (χ2n) is 5.10. The fourth-order valence-corrected chi connectivity index (χ4v) is 2.41. The average Bonchev–Trinajstić information content (AvgIpc) is 3.14. The van der Waals surface area contributed by atoms with Gasteiger partial charge in [-0.3, -0.25) is 4.68 Å². The quantitative estimate of drug-likeness (QED) is 0.879. The summed E-state index contributed by atoms with van der Waals surface area (Å²) in [4.78, 5) is 0. The Labute approximate surface area is 118 Å². The Bertz CT molecular complexity index is 546. The fourth-order valence-electron chi connectivity index (χ4n) is 2.25. The van der Waals surface area contributed by atoms with Crippen LogP contribution in [-0.2, 0) is 13.0 Å². The molecule has 1 aliphatic carbocycles. The molecule has 2 aromatic rings. The van der Waals surface area contributed by atoms with Crippen LogP contribution in [0, 0.1) is 0 Å². The number of nitrogens with zero attached hydrogens (tertiary/aromatic N) is 2. The number of benzene rings is 1. The number of nitrogens with one attached hydrogen (secondary N) is 1. The van der Waals surface area contributed by atoms with Crippen molar-refractivity contribution in [1.29, 1.82) is 0 Å². The summed E-state index contributed by atoms with van der Waals surface area (Å²) in [6, 6.07) is 9.33. The normalized spacial score (nSPS) is 14.8. The van der Waals surface area contributed by atoms with Gasteiger partial charge in [-0.25, -0.2) is 0 Å². The third kappa shape index (κ3) is 3.58. The van der Waals surface area contributed by atoms with Crippen LogP contribution in [0.4, 0.5) is 0 Å². The van der Waals surface area contributed by atoms with Crippen LogP contribution in [0.15, 0.2) is 36.7 Å². The molecule has 19 heavy (non-hydrogen) atoms. The highest BCUT2D eigenvalue weighted by Gasteiger charge is 2.19. The van der Waals surface area contributed by atoms with Crippen LogP contribution in [0.25, 0.3) is 0 Å². The van der Waals surface area contributed by atoms with E-state index in [2.05, 4.69) is 34.7 Å². The van der Waals surface area contributed by atoms with Crippen LogP contribution in [0.1, 0.15) is 24.0 Å². The van der Waals surface area contributed by atoms with Crippen LogP contribution >= 0.6 is 11.6 Å². The van der Waals surface area contributed by atoms with Gasteiger partial charge in [-0.2, -0.15) is 5.10 Å². The molecule has 1 aromatic heterocycles. The summed E-state index contributed by atoms with van der Waals surface area (Å²) in [6.07, 6.45) is 7.29. The van der Waals surface area contributed by atoms with Gasteiger partial charge >= 0.3 is 0 Å². The molecule has 0 saturated heterocycles. The van der Waals surface area contributed by atoms with Crippen LogP contribution in [-0.4, -0.2) is 22.4 Å². The van der Waals surface area contributed by atoms with Crippen molar-refractivity contribution in [3.8, 4) is 0 Å². The van der Waals surface area contributed by atoms with Crippen molar-refractivity contribution >= 4 is 11.6 Å². The zero-order valence-electron chi connectivity index (χ0n) is 10.8. The Morgan fingerprint density at radius 2 is 2.05 bits per heavy atom. The molecule has 1 fully saturated rings. The maximum atomic E-state index is 5.90. The molecule has 0 unspecified atom stereocenters. The highest BCUT2D eigenvalue weighted by Crippen LogP contribution is 2.19. The van der Waals surface area contributed by atoms with E-state index in [4.69, 9.17) is 11.6 Å². The van der Waals surface area contributed by atoms with Gasteiger partial charge in [-0.05, 0) is 36.9 Å². The molecule has 0 atom stereocenters. The minimum absolute atomic E-state index is 0.688. The summed E-state index contributed by atoms with van der Waals surface area (Å²) >= 11 is 5.90. The summed E-state index contributed by atoms with van der Waals surface area (Å²) in [5, 5.41) is 8.48. The number of hydrogen-bond acceptors (Lipinski definition) is 2. The molecular weight excluding hydrogens is 258 g/mol. The third-order valence-corrected chi connectivity index (χ3v) is 3.65. The van der Waals surface area contributed by atoms with Crippen molar-refractivity contribution < 1.29 is 0 Å². The zero-order chi connectivity index (χ0) is 13.1. The van der Waals surface area contributed by atoms with E-state index in [1.54, 1.807) is 6.20 Å². The molecule has 3 nitrogen and oxygen atoms in total. The molecule has 1 aromatic carbocycles. The fraction of sp³-hybridized carbons (Fsp3) is 0.400. The summed E-state index contributed by atoms with van der Waals surface area (Å²) in [5.41, 5.74) is 2.71. The molecule has 0 radical (unpaired) electrons. The third-order valence-electron chi connectivity index (χ3n) is 3.46. The molecule has 1 N–H and O–H groups in total. The Morgan fingerprint density at radius 3 is 2.74 bits per heavy atom. The lowest BCUT2D eigenvalue weighted by Gasteiger charge is -2.10. The molecular formula is C15H18ClN3. The number of hydrogen-bond donors (Lipinski definition) is 1. The van der Waals surface area contributed by atoms with Gasteiger partial charge in [0.05, 0.1) is 17.8 Å². The van der Waals surface area contributed by atoms with E-state index in [-0.39, 0.29) is 0 Å². The van der Waals surface area contributed by atoms with Crippen molar-refractivity contribution in [1.82, 2.24) is 15.1 Å². The Hall–Kier alpha value is -1.32. The topological polar surface area (TPSA) is 29.9 Å². The first-order chi connectivity index (χ1) is 9.31. The minimum Gasteiger partial charge on any atom is -0.314 e. The zero-order valence-corrected chi connectivity index (χ0v) is 11.6. The van der Waals surface area contributed by atoms with Crippen molar-refractivity contribution in [2.75, 3.05) is 6.54 Å². The van der Waals surface area contributed by atoms with Crippen LogP contribution < -0.4 is 5.32 Å². The van der Waals surface area contributed by atoms with Crippen LogP contribution in [0.3, 0.4) is 0 Å². The van der Waals surface area contributed by atoms with E-state index in [9.17, 15) is 0 Å². The lowest BCUT2D eigenvalue weighted by molar-refractivity contribution is 0.660. The van der Waals surface area contributed by atoms with Crippen molar-refractivity contribution in [3.63, 3.8) is 0 Å². The number of rotatable bonds is 6. The van der Waals surface area contributed by atoms with Gasteiger partial charge in [0.25, 0.3) is 0 Å². The first-order valence-corrected chi connectivity index (χ1v) is 7.17. The molecule has 100 valence electrons. The first-order valence-electron chi connectivity index (χ1n) is 6.79. The monoisotopic (exact) mass is 275 g/mol. The van der Waals surface area contributed by atoms with Crippen molar-refractivity contribution in [2.45, 2.75) is 31.8 Å². The first kappa shape index (κ1) is 12.7. The van der Waals surface area contributed by atoms with Gasteiger partial charge in [0, 0.05) is 12.2 Å². The van der Waals surface area contributed by atoms with E-state index in [0.29, 0.717) is 5.02 Å². The minimum atomic E-state index is 0.688. The van der Waals surface area contributed by atoms with Crippen LogP contribution in [0.2, 0.25) is 5.02 Å². The van der Waals surface area contributed by atoms with E-state index >= 15 is 0 Å². The van der Waals surface area contributed by atoms with Gasteiger partial charge in [0.2, 0.25) is 0 Å². The van der Waals surface area contributed by atoms with Crippen molar-refractivity contribution in [3.05, 3.63) is 52.8 Å². The standard InChI is InChI=1S/C15H18ClN3/c16-14-9-18-19(11-14)10-13-4-2-1-3-12(13)7-8-17-15-5-6-15/h1-4,9,11,15,17H,5-8,10H2. The largest absolute Gasteiger partial charge is 0.314 e. The van der Waals surface area contributed by atoms with Gasteiger partial charge in [0.15, 0.2) is 0 Å². The van der Waals surface area contributed by atoms with E-state index in [1.807, 2.05) is 10.9 Å². The van der Waals surface area contributed by atoms with Gasteiger partial charge in [-0.1, -0.05) is 35.9 Å². The SMILES string of the molecule is Clc1cnn(Cc2ccccc2CCNC2CC2)c1. The summed E-state index contributed by atoms with van der Waals surface area (Å²) < 4.78 is 1.88. The molecule has 0 spiro atoms. The predicted octanol–water partition coefficient (Wildman–Crippen LogP) is 2.88. The second kappa shape index (κ2) is 5.76. The number of halogens is 1. The molecule has 1 saturated carbocycles. The molecule has 4 heteroatoms. The number of aromatic nitrogens is 2. The lowest BCUT2D eigenvalue weighted by Crippen LogP contribution is -2.20. The highest BCUT2D eigenvalue weighted by atomic mass is 35.5. The van der Waals surface area contributed by atoms with Gasteiger partial charge < -0.3 is 5.32 Å². The maximum Gasteiger partial charge on any atom is 0.0785 e. The van der Waals surface area contributed by atoms with E-state index in [0.717, 1.165) is 25.6 Å². The molecule has 0 aliphatic heterocycles. The predicted molar refractivity (Wildman–Crippen MR) is 77.5 cm³/mol. The smallest absolute Gasteiger partial charge is 0.0785 e. The van der Waals surface area contributed by atoms with Crippen molar-refractivity contribution in [2.24, 2.45) is 0 Å². The Balaban J connectivity index is 1.65. The molecule has 0 amide bonds. The Kier molecular flexibility index (Phi) is 3.85. The van der Waals surface area contributed by atoms with Gasteiger partial charge in [0.1, 0.15) is 0 Å². The lowest BCUT2D eigenvalue weighted by atomic mass is 10.0. The Morgan fingerprint density at radius 1 is 1.26 bits per heavy atom. The van der Waals surface area contributed by atoms with Gasteiger partial charge in [-0.15, -0.1) is 0 Å². The highest BCUT2D eigenvalue weighted by molar-refractivity contribution is 6.30. The summed E-state index contributed by atoms with van der Waals surface area (Å²) in [5.74, 6) is 0. The summed E-state index contributed by atoms with van der Waals surface area (Å²) in [6.45, 7) is 1.84. The van der Waals surface area contributed by atoms with E-state index < -0.39 is 0 Å². The average molecular weight is 276 g/mol.